The van der Waals surface area contributed by atoms with Crippen LogP contribution in [0.1, 0.15) is 17.3 Å². The molecule has 1 heterocycles. The highest BCUT2D eigenvalue weighted by atomic mass is 32.2. The van der Waals surface area contributed by atoms with E-state index in [0.717, 1.165) is 23.9 Å². The molecule has 0 aliphatic carbocycles. The van der Waals surface area contributed by atoms with E-state index in [0.29, 0.717) is 5.00 Å². The molecule has 0 unspecified atom stereocenters. The summed E-state index contributed by atoms with van der Waals surface area (Å²) in [5.41, 5.74) is 0.281. The Morgan fingerprint density at radius 1 is 1.30 bits per heavy atom. The average Bonchev–Trinajstić information content (AvgIpc) is 2.94. The molecule has 1 amide bonds. The van der Waals surface area contributed by atoms with Crippen molar-refractivity contribution in [1.29, 1.82) is 0 Å². The van der Waals surface area contributed by atoms with Crippen LogP contribution in [0.15, 0.2) is 34.5 Å². The maximum atomic E-state index is 13.5. The predicted octanol–water partition coefficient (Wildman–Crippen LogP) is 3.93. The molecular formula is C15H13F2NO3S2. The molecule has 0 aliphatic rings. The molecule has 1 N–H and O–H groups in total. The lowest BCUT2D eigenvalue weighted by Crippen LogP contribution is -2.16. The summed E-state index contributed by atoms with van der Waals surface area (Å²) in [6.07, 6.45) is 0. The fraction of sp³-hybridized carbons (Fsp3) is 0.200. The van der Waals surface area contributed by atoms with E-state index in [2.05, 4.69) is 5.32 Å². The van der Waals surface area contributed by atoms with Crippen LogP contribution >= 0.6 is 23.1 Å². The lowest BCUT2D eigenvalue weighted by Gasteiger charge is -2.06. The number of carbonyl (C=O) groups excluding carboxylic acids is 2. The van der Waals surface area contributed by atoms with Crippen molar-refractivity contribution in [2.45, 2.75) is 11.8 Å². The normalized spacial score (nSPS) is 10.4. The van der Waals surface area contributed by atoms with Crippen LogP contribution < -0.4 is 5.32 Å². The Bertz CT molecular complexity index is 718. The minimum atomic E-state index is -0.717. The summed E-state index contributed by atoms with van der Waals surface area (Å²) in [6.45, 7) is 1.93. The zero-order chi connectivity index (χ0) is 16.8. The third-order valence-corrected chi connectivity index (χ3v) is 4.54. The summed E-state index contributed by atoms with van der Waals surface area (Å²) in [7, 11) is 0. The first-order chi connectivity index (χ1) is 11.0. The highest BCUT2D eigenvalue weighted by Gasteiger charge is 2.16. The highest BCUT2D eigenvalue weighted by Crippen LogP contribution is 2.26. The van der Waals surface area contributed by atoms with Gasteiger partial charge < -0.3 is 10.1 Å². The number of amides is 1. The Labute approximate surface area is 139 Å². The van der Waals surface area contributed by atoms with Crippen molar-refractivity contribution in [3.63, 3.8) is 0 Å². The van der Waals surface area contributed by atoms with E-state index < -0.39 is 23.5 Å². The number of thioether (sulfide) groups is 1. The molecule has 23 heavy (non-hydrogen) atoms. The molecule has 122 valence electrons. The van der Waals surface area contributed by atoms with Gasteiger partial charge in [0.05, 0.1) is 17.9 Å². The molecular weight excluding hydrogens is 344 g/mol. The number of thiophene rings is 1. The van der Waals surface area contributed by atoms with E-state index in [1.54, 1.807) is 18.4 Å². The van der Waals surface area contributed by atoms with Gasteiger partial charge >= 0.3 is 5.97 Å². The van der Waals surface area contributed by atoms with Gasteiger partial charge in [0.15, 0.2) is 0 Å². The van der Waals surface area contributed by atoms with Crippen molar-refractivity contribution in [3.05, 3.63) is 46.8 Å². The summed E-state index contributed by atoms with van der Waals surface area (Å²) in [4.78, 5) is 23.8. The van der Waals surface area contributed by atoms with Gasteiger partial charge in [-0.25, -0.2) is 13.6 Å². The molecule has 8 heteroatoms. The van der Waals surface area contributed by atoms with Gasteiger partial charge in [0, 0.05) is 11.0 Å². The number of halogens is 2. The molecule has 0 radical (unpaired) electrons. The van der Waals surface area contributed by atoms with Gasteiger partial charge in [-0.2, -0.15) is 0 Å². The highest BCUT2D eigenvalue weighted by molar-refractivity contribution is 8.00. The van der Waals surface area contributed by atoms with Gasteiger partial charge in [-0.15, -0.1) is 23.1 Å². The molecule has 0 atom stereocenters. The summed E-state index contributed by atoms with van der Waals surface area (Å²) >= 11 is 2.14. The number of benzene rings is 1. The van der Waals surface area contributed by atoms with Crippen LogP contribution in [-0.2, 0) is 9.53 Å². The number of anilines is 1. The molecule has 2 aromatic rings. The van der Waals surface area contributed by atoms with Crippen molar-refractivity contribution in [1.82, 2.24) is 0 Å². The lowest BCUT2D eigenvalue weighted by molar-refractivity contribution is -0.113. The largest absolute Gasteiger partial charge is 0.462 e. The van der Waals surface area contributed by atoms with Gasteiger partial charge in [-0.3, -0.25) is 4.79 Å². The van der Waals surface area contributed by atoms with E-state index in [1.165, 1.54) is 17.4 Å². The van der Waals surface area contributed by atoms with Crippen LogP contribution in [0, 0.1) is 11.6 Å². The van der Waals surface area contributed by atoms with Crippen molar-refractivity contribution < 1.29 is 23.1 Å². The maximum absolute atomic E-state index is 13.5. The topological polar surface area (TPSA) is 55.4 Å². The van der Waals surface area contributed by atoms with Crippen molar-refractivity contribution in [2.75, 3.05) is 17.7 Å². The first-order valence-electron chi connectivity index (χ1n) is 6.63. The number of hydrogen-bond acceptors (Lipinski definition) is 5. The van der Waals surface area contributed by atoms with Crippen LogP contribution in [0.2, 0.25) is 0 Å². The molecule has 0 aliphatic heterocycles. The smallest absolute Gasteiger partial charge is 0.341 e. The van der Waals surface area contributed by atoms with E-state index in [-0.39, 0.29) is 22.8 Å². The summed E-state index contributed by atoms with van der Waals surface area (Å²) < 4.78 is 31.2. The minimum absolute atomic E-state index is 0.0667. The van der Waals surface area contributed by atoms with Crippen molar-refractivity contribution in [2.24, 2.45) is 0 Å². The van der Waals surface area contributed by atoms with Crippen molar-refractivity contribution in [3.8, 4) is 0 Å². The summed E-state index contributed by atoms with van der Waals surface area (Å²) in [5, 5.41) is 4.64. The Morgan fingerprint density at radius 3 is 2.78 bits per heavy atom. The first-order valence-corrected chi connectivity index (χ1v) is 8.50. The first kappa shape index (κ1) is 17.4. The second-order valence-electron chi connectivity index (χ2n) is 4.30. The third kappa shape index (κ3) is 4.77. The standard InChI is InChI=1S/C15H13F2NO3S2/c1-2-21-15(20)10-5-6-22-14(10)18-13(19)8-23-12-4-3-9(16)7-11(12)17/h3-7H,2,8H2,1H3,(H,18,19). The monoisotopic (exact) mass is 357 g/mol. The molecule has 0 spiro atoms. The van der Waals surface area contributed by atoms with E-state index in [4.69, 9.17) is 4.74 Å². The Balaban J connectivity index is 1.95. The van der Waals surface area contributed by atoms with Crippen LogP contribution in [0.3, 0.4) is 0 Å². The van der Waals surface area contributed by atoms with Crippen LogP contribution in [-0.4, -0.2) is 24.2 Å². The fourth-order valence-corrected chi connectivity index (χ4v) is 3.19. The van der Waals surface area contributed by atoms with Gasteiger partial charge in [0.1, 0.15) is 16.6 Å². The number of ether oxygens (including phenoxy) is 1. The van der Waals surface area contributed by atoms with Gasteiger partial charge in [0.2, 0.25) is 5.91 Å². The summed E-state index contributed by atoms with van der Waals surface area (Å²) in [5.74, 6) is -2.36. The van der Waals surface area contributed by atoms with E-state index >= 15 is 0 Å². The number of rotatable bonds is 6. The molecule has 0 bridgehead atoms. The fourth-order valence-electron chi connectivity index (χ4n) is 1.67. The van der Waals surface area contributed by atoms with Gasteiger partial charge in [0.25, 0.3) is 0 Å². The number of nitrogens with one attached hydrogen (secondary N) is 1. The van der Waals surface area contributed by atoms with E-state index in [1.807, 2.05) is 0 Å². The molecule has 1 aromatic carbocycles. The molecule has 0 saturated carbocycles. The Morgan fingerprint density at radius 2 is 2.09 bits per heavy atom. The van der Waals surface area contributed by atoms with Crippen molar-refractivity contribution >= 4 is 40.0 Å². The second-order valence-corrected chi connectivity index (χ2v) is 6.23. The van der Waals surface area contributed by atoms with Gasteiger partial charge in [-0.05, 0) is 30.5 Å². The van der Waals surface area contributed by atoms with Crippen LogP contribution in [0.25, 0.3) is 0 Å². The van der Waals surface area contributed by atoms with Gasteiger partial charge in [-0.1, -0.05) is 0 Å². The lowest BCUT2D eigenvalue weighted by atomic mass is 10.3. The zero-order valence-electron chi connectivity index (χ0n) is 12.1. The molecule has 4 nitrogen and oxygen atoms in total. The Hall–Kier alpha value is -1.93. The minimum Gasteiger partial charge on any atom is -0.462 e. The molecule has 1 aromatic heterocycles. The zero-order valence-corrected chi connectivity index (χ0v) is 13.7. The predicted molar refractivity (Wildman–Crippen MR) is 86.0 cm³/mol. The SMILES string of the molecule is CCOC(=O)c1ccsc1NC(=O)CSc1ccc(F)cc1F. The number of carbonyl (C=O) groups is 2. The maximum Gasteiger partial charge on any atom is 0.341 e. The summed E-state index contributed by atoms with van der Waals surface area (Å²) in [6, 6.07) is 4.72. The van der Waals surface area contributed by atoms with Crippen LogP contribution in [0.5, 0.6) is 0 Å². The molecule has 0 fully saturated rings. The third-order valence-electron chi connectivity index (χ3n) is 2.67. The van der Waals surface area contributed by atoms with E-state index in [9.17, 15) is 18.4 Å². The quantitative estimate of drug-likeness (QED) is 0.629. The number of hydrogen-bond donors (Lipinski definition) is 1. The van der Waals surface area contributed by atoms with Crippen LogP contribution in [0.4, 0.5) is 13.8 Å². The average molecular weight is 357 g/mol. The second kappa shape index (κ2) is 8.07. The Kier molecular flexibility index (Phi) is 6.12. The molecule has 0 saturated heterocycles. The molecule has 2 rings (SSSR count). The number of esters is 1.